The van der Waals surface area contributed by atoms with Gasteiger partial charge in [0, 0.05) is 18.5 Å². The van der Waals surface area contributed by atoms with E-state index < -0.39 is 9.84 Å². The van der Waals surface area contributed by atoms with Gasteiger partial charge in [-0.25, -0.2) is 8.42 Å². The molecule has 2 aromatic rings. The van der Waals surface area contributed by atoms with Gasteiger partial charge in [-0.05, 0) is 13.0 Å². The van der Waals surface area contributed by atoms with Gasteiger partial charge in [-0.3, -0.25) is 0 Å². The maximum Gasteiger partial charge on any atom is 0.161 e. The van der Waals surface area contributed by atoms with E-state index in [9.17, 15) is 8.42 Å². The molecule has 0 aliphatic heterocycles. The predicted octanol–water partition coefficient (Wildman–Crippen LogP) is 2.37. The quantitative estimate of drug-likeness (QED) is 0.809. The van der Waals surface area contributed by atoms with Crippen LogP contribution in [0.25, 0.3) is 0 Å². The Hall–Kier alpha value is -1.89. The molecule has 1 heterocycles. The van der Waals surface area contributed by atoms with Crippen LogP contribution < -0.4 is 4.74 Å². The van der Waals surface area contributed by atoms with Gasteiger partial charge in [0.15, 0.2) is 9.84 Å². The average Bonchev–Trinajstić information content (AvgIpc) is 2.79. The number of rotatable bonds is 6. The molecule has 0 saturated heterocycles. The van der Waals surface area contributed by atoms with Gasteiger partial charge in [0.2, 0.25) is 0 Å². The maximum absolute atomic E-state index is 12.5. The van der Waals surface area contributed by atoms with Gasteiger partial charge in [0.05, 0.1) is 12.9 Å². The molecule has 1 aromatic heterocycles. The molecule has 23 heavy (non-hydrogen) atoms. The van der Waals surface area contributed by atoms with Crippen LogP contribution in [0.15, 0.2) is 18.2 Å². The summed E-state index contributed by atoms with van der Waals surface area (Å²) in [5.74, 6) is 1.80. The SMILES string of the molecule is COc1ccc(C)cc1CS(=O)(=O)Cc1nnc(C(C)C)n1C. The lowest BCUT2D eigenvalue weighted by Crippen LogP contribution is -2.13. The summed E-state index contributed by atoms with van der Waals surface area (Å²) in [6.07, 6.45) is 0. The second kappa shape index (κ2) is 6.70. The minimum Gasteiger partial charge on any atom is -0.496 e. The summed E-state index contributed by atoms with van der Waals surface area (Å²) in [6.45, 7) is 5.92. The summed E-state index contributed by atoms with van der Waals surface area (Å²) in [6, 6.07) is 5.53. The highest BCUT2D eigenvalue weighted by Crippen LogP contribution is 2.23. The van der Waals surface area contributed by atoms with Crippen LogP contribution in [0, 0.1) is 6.92 Å². The summed E-state index contributed by atoms with van der Waals surface area (Å²) in [7, 11) is -0.0361. The topological polar surface area (TPSA) is 74.1 Å². The highest BCUT2D eigenvalue weighted by atomic mass is 32.2. The van der Waals surface area contributed by atoms with E-state index >= 15 is 0 Å². The molecule has 0 unspecified atom stereocenters. The second-order valence-corrected chi connectivity index (χ2v) is 8.10. The minimum atomic E-state index is -3.38. The zero-order valence-corrected chi connectivity index (χ0v) is 15.0. The lowest BCUT2D eigenvalue weighted by atomic mass is 10.1. The lowest BCUT2D eigenvalue weighted by Gasteiger charge is -2.10. The van der Waals surface area contributed by atoms with E-state index in [2.05, 4.69) is 10.2 Å². The lowest BCUT2D eigenvalue weighted by molar-refractivity contribution is 0.411. The molecule has 126 valence electrons. The molecule has 0 saturated carbocycles. The molecule has 0 aliphatic carbocycles. The number of ether oxygens (including phenoxy) is 1. The number of aromatic nitrogens is 3. The molecule has 2 rings (SSSR count). The average molecular weight is 337 g/mol. The van der Waals surface area contributed by atoms with Crippen LogP contribution in [0.4, 0.5) is 0 Å². The molecule has 1 aromatic carbocycles. The van der Waals surface area contributed by atoms with Crippen LogP contribution in [-0.2, 0) is 28.4 Å². The van der Waals surface area contributed by atoms with E-state index in [1.54, 1.807) is 24.8 Å². The fourth-order valence-electron chi connectivity index (χ4n) is 2.51. The van der Waals surface area contributed by atoms with Crippen molar-refractivity contribution in [1.29, 1.82) is 0 Å². The minimum absolute atomic E-state index is 0.0816. The predicted molar refractivity (Wildman–Crippen MR) is 89.2 cm³/mol. The number of methoxy groups -OCH3 is 1. The Balaban J connectivity index is 2.25. The van der Waals surface area contributed by atoms with E-state index in [0.717, 1.165) is 11.4 Å². The third-order valence-electron chi connectivity index (χ3n) is 3.68. The van der Waals surface area contributed by atoms with Crippen LogP contribution >= 0.6 is 0 Å². The third kappa shape index (κ3) is 4.10. The summed E-state index contributed by atoms with van der Waals surface area (Å²) >= 11 is 0. The Kier molecular flexibility index (Phi) is 5.09. The monoisotopic (exact) mass is 337 g/mol. The summed E-state index contributed by atoms with van der Waals surface area (Å²) < 4.78 is 32.1. The molecule has 0 amide bonds. The first-order valence-corrected chi connectivity index (χ1v) is 9.27. The van der Waals surface area contributed by atoms with Crippen molar-refractivity contribution in [3.8, 4) is 5.75 Å². The molecule has 0 spiro atoms. The van der Waals surface area contributed by atoms with Crippen molar-refractivity contribution < 1.29 is 13.2 Å². The van der Waals surface area contributed by atoms with Gasteiger partial charge in [-0.2, -0.15) is 0 Å². The van der Waals surface area contributed by atoms with Crippen LogP contribution in [-0.4, -0.2) is 30.3 Å². The standard InChI is InChI=1S/C16H23N3O3S/c1-11(2)16-18-17-15(19(16)4)10-23(20,21)9-13-8-12(3)6-7-14(13)22-5/h6-8,11H,9-10H2,1-5H3. The van der Waals surface area contributed by atoms with E-state index in [-0.39, 0.29) is 17.4 Å². The molecule has 7 heteroatoms. The van der Waals surface area contributed by atoms with Crippen molar-refractivity contribution >= 4 is 9.84 Å². The molecule has 0 bridgehead atoms. The Labute approximate surface area is 137 Å². The molecular weight excluding hydrogens is 314 g/mol. The first kappa shape index (κ1) is 17.5. The van der Waals surface area contributed by atoms with Crippen molar-refractivity contribution in [2.75, 3.05) is 7.11 Å². The van der Waals surface area contributed by atoms with Crippen LogP contribution in [0.3, 0.4) is 0 Å². The van der Waals surface area contributed by atoms with E-state index in [4.69, 9.17) is 4.74 Å². The van der Waals surface area contributed by atoms with E-state index in [1.165, 1.54) is 0 Å². The number of aryl methyl sites for hydroxylation is 1. The maximum atomic E-state index is 12.5. The fourth-order valence-corrected chi connectivity index (χ4v) is 3.95. The molecule has 0 atom stereocenters. The Bertz CT molecular complexity index is 795. The molecule has 0 N–H and O–H groups in total. The largest absolute Gasteiger partial charge is 0.496 e. The number of hydrogen-bond donors (Lipinski definition) is 0. The summed E-state index contributed by atoms with van der Waals surface area (Å²) in [4.78, 5) is 0. The summed E-state index contributed by atoms with van der Waals surface area (Å²) in [5, 5.41) is 8.10. The van der Waals surface area contributed by atoms with E-state index in [0.29, 0.717) is 17.1 Å². The van der Waals surface area contributed by atoms with Gasteiger partial charge in [-0.15, -0.1) is 10.2 Å². The van der Waals surface area contributed by atoms with Crippen molar-refractivity contribution in [2.45, 2.75) is 38.2 Å². The normalized spacial score (nSPS) is 11.9. The van der Waals surface area contributed by atoms with Gasteiger partial charge in [-0.1, -0.05) is 31.5 Å². The second-order valence-electron chi connectivity index (χ2n) is 6.04. The fraction of sp³-hybridized carbons (Fsp3) is 0.500. The zero-order chi connectivity index (χ0) is 17.2. The third-order valence-corrected chi connectivity index (χ3v) is 5.12. The first-order chi connectivity index (χ1) is 10.7. The number of benzene rings is 1. The van der Waals surface area contributed by atoms with Gasteiger partial charge in [0.25, 0.3) is 0 Å². The van der Waals surface area contributed by atoms with Crippen LogP contribution in [0.5, 0.6) is 5.75 Å². The Morgan fingerprint density at radius 1 is 1.22 bits per heavy atom. The Morgan fingerprint density at radius 3 is 2.48 bits per heavy atom. The van der Waals surface area contributed by atoms with Crippen LogP contribution in [0.1, 0.15) is 42.5 Å². The number of sulfone groups is 1. The smallest absolute Gasteiger partial charge is 0.161 e. The van der Waals surface area contributed by atoms with Crippen molar-refractivity contribution in [3.63, 3.8) is 0 Å². The Morgan fingerprint density at radius 2 is 1.91 bits per heavy atom. The first-order valence-electron chi connectivity index (χ1n) is 7.45. The van der Waals surface area contributed by atoms with Crippen molar-refractivity contribution in [2.24, 2.45) is 7.05 Å². The summed E-state index contributed by atoms with van der Waals surface area (Å²) in [5.41, 5.74) is 1.66. The van der Waals surface area contributed by atoms with Crippen molar-refractivity contribution in [1.82, 2.24) is 14.8 Å². The van der Waals surface area contributed by atoms with Gasteiger partial charge < -0.3 is 9.30 Å². The molecule has 0 radical (unpaired) electrons. The van der Waals surface area contributed by atoms with E-state index in [1.807, 2.05) is 32.9 Å². The molecule has 0 aliphatic rings. The van der Waals surface area contributed by atoms with Crippen LogP contribution in [0.2, 0.25) is 0 Å². The number of hydrogen-bond acceptors (Lipinski definition) is 5. The van der Waals surface area contributed by atoms with Gasteiger partial charge in [0.1, 0.15) is 23.2 Å². The zero-order valence-electron chi connectivity index (χ0n) is 14.2. The van der Waals surface area contributed by atoms with Gasteiger partial charge >= 0.3 is 0 Å². The highest BCUT2D eigenvalue weighted by molar-refractivity contribution is 7.89. The number of nitrogens with zero attached hydrogens (tertiary/aromatic N) is 3. The molecule has 0 fully saturated rings. The highest BCUT2D eigenvalue weighted by Gasteiger charge is 2.21. The molecular formula is C16H23N3O3S. The van der Waals surface area contributed by atoms with Crippen molar-refractivity contribution in [3.05, 3.63) is 41.0 Å². The molecule has 6 nitrogen and oxygen atoms in total.